The second kappa shape index (κ2) is 6.11. The molecule has 0 bridgehead atoms. The predicted molar refractivity (Wildman–Crippen MR) is 75.4 cm³/mol. The van der Waals surface area contributed by atoms with Gasteiger partial charge in [-0.1, -0.05) is 6.07 Å². The van der Waals surface area contributed by atoms with E-state index in [0.717, 1.165) is 32.7 Å². The lowest BCUT2D eigenvalue weighted by Gasteiger charge is -2.33. The van der Waals surface area contributed by atoms with Gasteiger partial charge >= 0.3 is 0 Å². The molecule has 1 aromatic rings. The molecule has 1 heterocycles. The van der Waals surface area contributed by atoms with E-state index in [9.17, 15) is 4.39 Å². The average Bonchev–Trinajstić information content (AvgIpc) is 2.39. The molecule has 2 rings (SSSR count). The van der Waals surface area contributed by atoms with Crippen LogP contribution < -0.4 is 10.2 Å². The Kier molecular flexibility index (Phi) is 4.49. The van der Waals surface area contributed by atoms with E-state index in [0.29, 0.717) is 10.8 Å². The summed E-state index contributed by atoms with van der Waals surface area (Å²) in [7, 11) is 0. The molecule has 0 radical (unpaired) electrons. The van der Waals surface area contributed by atoms with Gasteiger partial charge in [-0.15, -0.1) is 0 Å². The van der Waals surface area contributed by atoms with Crippen LogP contribution in [0.15, 0.2) is 24.3 Å². The van der Waals surface area contributed by atoms with Crippen molar-refractivity contribution in [2.24, 2.45) is 0 Å². The summed E-state index contributed by atoms with van der Waals surface area (Å²) >= 11 is 5.36. The number of benzene rings is 1. The number of anilines is 1. The van der Waals surface area contributed by atoms with Crippen LogP contribution in [-0.4, -0.2) is 42.7 Å². The maximum absolute atomic E-state index is 13.1. The summed E-state index contributed by atoms with van der Waals surface area (Å²) in [6.07, 6.45) is 0. The van der Waals surface area contributed by atoms with Crippen molar-refractivity contribution in [3.8, 4) is 0 Å². The van der Waals surface area contributed by atoms with Gasteiger partial charge in [0, 0.05) is 5.69 Å². The Hall–Kier alpha value is -1.20. The fraction of sp³-hybridized carbons (Fsp3) is 0.462. The summed E-state index contributed by atoms with van der Waals surface area (Å²) in [5, 5.41) is 3.78. The summed E-state index contributed by atoms with van der Waals surface area (Å²) in [4.78, 5) is 3.76. The third-order valence-electron chi connectivity index (χ3n) is 3.33. The lowest BCUT2D eigenvalue weighted by atomic mass is 10.3. The highest BCUT2D eigenvalue weighted by Gasteiger charge is 2.20. The SMILES string of the molecule is CC[NH+]1CCN(C(=S)Nc2cccc(F)c2)CC1. The molecule has 0 atom stereocenters. The van der Waals surface area contributed by atoms with E-state index in [1.807, 2.05) is 6.07 Å². The molecule has 0 aliphatic carbocycles. The second-order valence-corrected chi connectivity index (χ2v) is 4.92. The first-order valence-electron chi connectivity index (χ1n) is 6.34. The molecule has 5 heteroatoms. The Morgan fingerprint density at radius 2 is 2.17 bits per heavy atom. The topological polar surface area (TPSA) is 19.7 Å². The summed E-state index contributed by atoms with van der Waals surface area (Å²) in [6, 6.07) is 6.39. The minimum atomic E-state index is -0.247. The number of rotatable bonds is 2. The number of halogens is 1. The smallest absolute Gasteiger partial charge is 0.173 e. The molecule has 3 nitrogen and oxygen atoms in total. The molecule has 2 N–H and O–H groups in total. The lowest BCUT2D eigenvalue weighted by Crippen LogP contribution is -3.14. The fourth-order valence-electron chi connectivity index (χ4n) is 2.15. The normalized spacial score (nSPS) is 16.7. The highest BCUT2D eigenvalue weighted by Crippen LogP contribution is 2.10. The van der Waals surface area contributed by atoms with E-state index >= 15 is 0 Å². The summed E-state index contributed by atoms with van der Waals surface area (Å²) in [5.74, 6) is -0.247. The number of nitrogens with one attached hydrogen (secondary N) is 2. The van der Waals surface area contributed by atoms with Crippen LogP contribution in [-0.2, 0) is 0 Å². The lowest BCUT2D eigenvalue weighted by molar-refractivity contribution is -0.902. The Morgan fingerprint density at radius 3 is 2.78 bits per heavy atom. The number of likely N-dealkylation sites (N-methyl/N-ethyl adjacent to an activating group) is 1. The van der Waals surface area contributed by atoms with Gasteiger partial charge in [0.15, 0.2) is 5.11 Å². The zero-order valence-corrected chi connectivity index (χ0v) is 11.4. The second-order valence-electron chi connectivity index (χ2n) is 4.53. The number of quaternary nitrogens is 1. The van der Waals surface area contributed by atoms with E-state index in [-0.39, 0.29) is 5.82 Å². The van der Waals surface area contributed by atoms with Gasteiger partial charge in [-0.25, -0.2) is 4.39 Å². The van der Waals surface area contributed by atoms with Crippen LogP contribution in [0.2, 0.25) is 0 Å². The molecular formula is C13H19FN3S+. The van der Waals surface area contributed by atoms with Gasteiger partial charge in [-0.2, -0.15) is 0 Å². The van der Waals surface area contributed by atoms with Gasteiger partial charge in [0.05, 0.1) is 32.7 Å². The third-order valence-corrected chi connectivity index (χ3v) is 3.69. The Labute approximate surface area is 113 Å². The highest BCUT2D eigenvalue weighted by molar-refractivity contribution is 7.80. The zero-order chi connectivity index (χ0) is 13.0. The van der Waals surface area contributed by atoms with Crippen LogP contribution >= 0.6 is 12.2 Å². The minimum absolute atomic E-state index is 0.247. The van der Waals surface area contributed by atoms with Crippen molar-refractivity contribution in [2.75, 3.05) is 38.0 Å². The molecule has 1 aliphatic rings. The average molecular weight is 268 g/mol. The maximum Gasteiger partial charge on any atom is 0.173 e. The molecule has 98 valence electrons. The van der Waals surface area contributed by atoms with Gasteiger partial charge in [0.1, 0.15) is 5.82 Å². The molecule has 0 saturated carbocycles. The van der Waals surface area contributed by atoms with Crippen molar-refractivity contribution in [2.45, 2.75) is 6.92 Å². The van der Waals surface area contributed by atoms with E-state index in [1.165, 1.54) is 12.1 Å². The van der Waals surface area contributed by atoms with Crippen LogP contribution in [0.25, 0.3) is 0 Å². The third kappa shape index (κ3) is 3.40. The van der Waals surface area contributed by atoms with E-state index < -0.39 is 0 Å². The Morgan fingerprint density at radius 1 is 1.44 bits per heavy atom. The van der Waals surface area contributed by atoms with Crippen LogP contribution in [0.3, 0.4) is 0 Å². The Bertz CT molecular complexity index is 416. The van der Waals surface area contributed by atoms with Gasteiger partial charge in [-0.05, 0) is 37.3 Å². The number of piperazine rings is 1. The van der Waals surface area contributed by atoms with Crippen molar-refractivity contribution in [3.63, 3.8) is 0 Å². The van der Waals surface area contributed by atoms with E-state index in [4.69, 9.17) is 12.2 Å². The summed E-state index contributed by atoms with van der Waals surface area (Å²) in [5.41, 5.74) is 0.713. The van der Waals surface area contributed by atoms with Gasteiger partial charge in [0.25, 0.3) is 0 Å². The van der Waals surface area contributed by atoms with Crippen molar-refractivity contribution in [3.05, 3.63) is 30.1 Å². The van der Waals surface area contributed by atoms with E-state index in [2.05, 4.69) is 17.1 Å². The molecule has 0 amide bonds. The number of nitrogens with zero attached hydrogens (tertiary/aromatic N) is 1. The van der Waals surface area contributed by atoms with Crippen LogP contribution in [0.1, 0.15) is 6.92 Å². The first kappa shape index (κ1) is 13.2. The predicted octanol–water partition coefficient (Wildman–Crippen LogP) is 0.743. The monoisotopic (exact) mass is 268 g/mol. The molecule has 1 aromatic carbocycles. The molecular weight excluding hydrogens is 249 g/mol. The molecule has 18 heavy (non-hydrogen) atoms. The van der Waals surface area contributed by atoms with Crippen molar-refractivity contribution >= 4 is 23.0 Å². The maximum atomic E-state index is 13.1. The number of hydrogen-bond donors (Lipinski definition) is 2. The molecule has 1 fully saturated rings. The first-order valence-corrected chi connectivity index (χ1v) is 6.75. The van der Waals surface area contributed by atoms with Crippen molar-refractivity contribution < 1.29 is 9.29 Å². The standard InChI is InChI=1S/C13H18FN3S/c1-2-16-6-8-17(9-7-16)13(18)15-12-5-3-4-11(14)10-12/h3-5,10H,2,6-9H2,1H3,(H,15,18)/p+1. The Balaban J connectivity index is 1.89. The van der Waals surface area contributed by atoms with E-state index in [1.54, 1.807) is 11.0 Å². The summed E-state index contributed by atoms with van der Waals surface area (Å²) in [6.45, 7) is 7.52. The first-order chi connectivity index (χ1) is 8.69. The van der Waals surface area contributed by atoms with Crippen molar-refractivity contribution in [1.82, 2.24) is 4.90 Å². The van der Waals surface area contributed by atoms with Crippen LogP contribution in [0.4, 0.5) is 10.1 Å². The molecule has 1 saturated heterocycles. The minimum Gasteiger partial charge on any atom is -0.338 e. The van der Waals surface area contributed by atoms with Gasteiger partial charge in [-0.3, -0.25) is 0 Å². The van der Waals surface area contributed by atoms with Crippen LogP contribution in [0.5, 0.6) is 0 Å². The summed E-state index contributed by atoms with van der Waals surface area (Å²) < 4.78 is 13.1. The van der Waals surface area contributed by atoms with Crippen molar-refractivity contribution in [1.29, 1.82) is 0 Å². The highest BCUT2D eigenvalue weighted by atomic mass is 32.1. The molecule has 1 aliphatic heterocycles. The number of hydrogen-bond acceptors (Lipinski definition) is 1. The largest absolute Gasteiger partial charge is 0.338 e. The van der Waals surface area contributed by atoms with Crippen LogP contribution in [0, 0.1) is 5.82 Å². The zero-order valence-electron chi connectivity index (χ0n) is 10.6. The quantitative estimate of drug-likeness (QED) is 0.772. The van der Waals surface area contributed by atoms with Gasteiger partial charge in [0.2, 0.25) is 0 Å². The number of thiocarbonyl (C=S) groups is 1. The molecule has 0 spiro atoms. The molecule has 0 unspecified atom stereocenters. The van der Waals surface area contributed by atoms with Gasteiger partial charge < -0.3 is 15.1 Å². The molecule has 0 aromatic heterocycles. The fourth-order valence-corrected chi connectivity index (χ4v) is 2.45.